The summed E-state index contributed by atoms with van der Waals surface area (Å²) >= 11 is 0. The predicted molar refractivity (Wildman–Crippen MR) is 70.5 cm³/mol. The maximum Gasteiger partial charge on any atom is 0.211 e. The quantitative estimate of drug-likeness (QED) is 0.895. The highest BCUT2D eigenvalue weighted by Crippen LogP contribution is 2.40. The summed E-state index contributed by atoms with van der Waals surface area (Å²) in [6.45, 7) is 11.5. The predicted octanol–water partition coefficient (Wildman–Crippen LogP) is 2.87. The van der Waals surface area contributed by atoms with Gasteiger partial charge in [-0.05, 0) is 33.2 Å². The van der Waals surface area contributed by atoms with E-state index in [4.69, 9.17) is 9.15 Å². The average Bonchev–Trinajstić information content (AvgIpc) is 2.86. The van der Waals surface area contributed by atoms with Crippen molar-refractivity contribution in [2.75, 3.05) is 6.54 Å². The maximum absolute atomic E-state index is 5.92. The lowest BCUT2D eigenvalue weighted by Crippen LogP contribution is -2.18. The van der Waals surface area contributed by atoms with E-state index in [1.54, 1.807) is 0 Å². The molecule has 18 heavy (non-hydrogen) atoms. The van der Waals surface area contributed by atoms with Crippen LogP contribution in [0.2, 0.25) is 0 Å². The molecule has 0 radical (unpaired) electrons. The summed E-state index contributed by atoms with van der Waals surface area (Å²) in [5.74, 6) is 2.51. The lowest BCUT2D eigenvalue weighted by atomic mass is 9.88. The van der Waals surface area contributed by atoms with E-state index in [-0.39, 0.29) is 18.2 Å². The number of ether oxygens (including phenoxy) is 1. The molecular formula is C14H24N2O2. The van der Waals surface area contributed by atoms with E-state index in [2.05, 4.69) is 44.9 Å². The average molecular weight is 252 g/mol. The maximum atomic E-state index is 5.92. The second-order valence-electron chi connectivity index (χ2n) is 5.31. The van der Waals surface area contributed by atoms with Gasteiger partial charge in [0.05, 0.1) is 24.4 Å². The van der Waals surface area contributed by atoms with Crippen LogP contribution in [-0.4, -0.2) is 23.7 Å². The fourth-order valence-corrected chi connectivity index (χ4v) is 2.81. The van der Waals surface area contributed by atoms with Crippen LogP contribution in [0.1, 0.15) is 58.2 Å². The first-order chi connectivity index (χ1) is 8.54. The van der Waals surface area contributed by atoms with Gasteiger partial charge in [0, 0.05) is 5.92 Å². The zero-order valence-corrected chi connectivity index (χ0v) is 11.9. The highest BCUT2D eigenvalue weighted by Gasteiger charge is 2.40. The number of nitrogens with zero attached hydrogens (tertiary/aromatic N) is 1. The van der Waals surface area contributed by atoms with E-state index in [9.17, 15) is 0 Å². The number of hydrogen-bond acceptors (Lipinski definition) is 4. The lowest BCUT2D eigenvalue weighted by molar-refractivity contribution is 0.0547. The molecule has 1 aromatic rings. The lowest BCUT2D eigenvalue weighted by Gasteiger charge is -2.15. The van der Waals surface area contributed by atoms with Crippen molar-refractivity contribution in [1.29, 1.82) is 0 Å². The van der Waals surface area contributed by atoms with Crippen LogP contribution in [0.3, 0.4) is 0 Å². The van der Waals surface area contributed by atoms with Gasteiger partial charge in [0.15, 0.2) is 0 Å². The molecule has 1 aliphatic rings. The molecule has 1 aliphatic heterocycles. The van der Waals surface area contributed by atoms with Crippen molar-refractivity contribution in [1.82, 2.24) is 10.3 Å². The van der Waals surface area contributed by atoms with Crippen LogP contribution in [-0.2, 0) is 4.74 Å². The Balaban J connectivity index is 2.14. The van der Waals surface area contributed by atoms with E-state index in [0.717, 1.165) is 18.2 Å². The summed E-state index contributed by atoms with van der Waals surface area (Å²) < 4.78 is 11.8. The minimum atomic E-state index is 0.161. The first-order valence-electron chi connectivity index (χ1n) is 6.89. The van der Waals surface area contributed by atoms with Crippen molar-refractivity contribution in [3.05, 3.63) is 17.8 Å². The Morgan fingerprint density at radius 3 is 2.61 bits per heavy atom. The molecule has 2 heterocycles. The van der Waals surface area contributed by atoms with Gasteiger partial charge in [0.25, 0.3) is 0 Å². The molecule has 5 unspecified atom stereocenters. The van der Waals surface area contributed by atoms with E-state index >= 15 is 0 Å². The molecule has 0 aliphatic carbocycles. The Morgan fingerprint density at radius 1 is 1.33 bits per heavy atom. The molecule has 4 nitrogen and oxygen atoms in total. The first kappa shape index (κ1) is 13.6. The van der Waals surface area contributed by atoms with Crippen LogP contribution in [0.15, 0.2) is 10.6 Å². The van der Waals surface area contributed by atoms with Crippen LogP contribution < -0.4 is 5.32 Å². The Kier molecular flexibility index (Phi) is 4.07. The second-order valence-corrected chi connectivity index (χ2v) is 5.31. The second kappa shape index (κ2) is 5.41. The van der Waals surface area contributed by atoms with Gasteiger partial charge in [-0.15, -0.1) is 0 Å². The molecule has 5 atom stereocenters. The van der Waals surface area contributed by atoms with Crippen molar-refractivity contribution >= 4 is 0 Å². The standard InChI is InChI=1S/C14H24N2O2/c1-6-15-9(3)14-16-7-12(18-14)13-8(2)10(4)17-11(13)5/h7-11,13,15H,6H2,1-5H3. The van der Waals surface area contributed by atoms with Crippen LogP contribution in [0.5, 0.6) is 0 Å². The van der Waals surface area contributed by atoms with E-state index in [0.29, 0.717) is 11.8 Å². The van der Waals surface area contributed by atoms with E-state index < -0.39 is 0 Å². The fraction of sp³-hybridized carbons (Fsp3) is 0.786. The Bertz CT molecular complexity index is 391. The molecule has 0 spiro atoms. The number of hydrogen-bond donors (Lipinski definition) is 1. The minimum absolute atomic E-state index is 0.161. The van der Waals surface area contributed by atoms with Gasteiger partial charge in [0.1, 0.15) is 5.76 Å². The van der Waals surface area contributed by atoms with Crippen molar-refractivity contribution < 1.29 is 9.15 Å². The Hall–Kier alpha value is -0.870. The van der Waals surface area contributed by atoms with Gasteiger partial charge >= 0.3 is 0 Å². The monoisotopic (exact) mass is 252 g/mol. The van der Waals surface area contributed by atoms with Gasteiger partial charge in [-0.2, -0.15) is 0 Å². The molecule has 1 aromatic heterocycles. The molecule has 2 rings (SSSR count). The third-order valence-electron chi connectivity index (χ3n) is 3.99. The smallest absolute Gasteiger partial charge is 0.211 e. The number of nitrogens with one attached hydrogen (secondary N) is 1. The molecule has 0 bridgehead atoms. The summed E-state index contributed by atoms with van der Waals surface area (Å²) in [6.07, 6.45) is 2.34. The van der Waals surface area contributed by atoms with Gasteiger partial charge in [-0.1, -0.05) is 13.8 Å². The van der Waals surface area contributed by atoms with Crippen molar-refractivity contribution in [3.63, 3.8) is 0 Å². The number of aromatic nitrogens is 1. The summed E-state index contributed by atoms with van der Waals surface area (Å²) in [5.41, 5.74) is 0. The normalized spacial score (nSPS) is 33.8. The van der Waals surface area contributed by atoms with Crippen LogP contribution in [0, 0.1) is 5.92 Å². The SMILES string of the molecule is CCNC(C)c1ncc(C2C(C)OC(C)C2C)o1. The van der Waals surface area contributed by atoms with Gasteiger partial charge in [-0.25, -0.2) is 4.98 Å². The van der Waals surface area contributed by atoms with Gasteiger partial charge in [0.2, 0.25) is 5.89 Å². The molecule has 4 heteroatoms. The zero-order chi connectivity index (χ0) is 13.3. The van der Waals surface area contributed by atoms with E-state index in [1.165, 1.54) is 0 Å². The van der Waals surface area contributed by atoms with Crippen molar-refractivity contribution in [2.45, 2.75) is 58.8 Å². The molecular weight excluding hydrogens is 228 g/mol. The van der Waals surface area contributed by atoms with Gasteiger partial charge < -0.3 is 14.5 Å². The summed E-state index contributed by atoms with van der Waals surface area (Å²) in [7, 11) is 0. The van der Waals surface area contributed by atoms with Crippen LogP contribution in [0.4, 0.5) is 0 Å². The molecule has 0 aromatic carbocycles. The number of rotatable bonds is 4. The molecule has 1 N–H and O–H groups in total. The van der Waals surface area contributed by atoms with E-state index in [1.807, 2.05) is 6.20 Å². The van der Waals surface area contributed by atoms with Crippen LogP contribution in [0.25, 0.3) is 0 Å². The molecule has 0 amide bonds. The summed E-state index contributed by atoms with van der Waals surface area (Å²) in [6, 6.07) is 0.161. The largest absolute Gasteiger partial charge is 0.444 e. The molecule has 0 saturated carbocycles. The zero-order valence-electron chi connectivity index (χ0n) is 11.9. The molecule has 102 valence electrons. The fourth-order valence-electron chi connectivity index (χ4n) is 2.81. The molecule has 1 saturated heterocycles. The number of oxazole rings is 1. The topological polar surface area (TPSA) is 47.3 Å². The minimum Gasteiger partial charge on any atom is -0.444 e. The first-order valence-corrected chi connectivity index (χ1v) is 6.89. The highest BCUT2D eigenvalue weighted by molar-refractivity contribution is 5.10. The third-order valence-corrected chi connectivity index (χ3v) is 3.99. The Morgan fingerprint density at radius 2 is 2.06 bits per heavy atom. The van der Waals surface area contributed by atoms with Crippen molar-refractivity contribution in [3.8, 4) is 0 Å². The third kappa shape index (κ3) is 2.45. The van der Waals surface area contributed by atoms with Gasteiger partial charge in [-0.3, -0.25) is 0 Å². The van der Waals surface area contributed by atoms with Crippen molar-refractivity contribution in [2.24, 2.45) is 5.92 Å². The van der Waals surface area contributed by atoms with Crippen LogP contribution >= 0.6 is 0 Å². The highest BCUT2D eigenvalue weighted by atomic mass is 16.5. The summed E-state index contributed by atoms with van der Waals surface area (Å²) in [5, 5.41) is 3.31. The molecule has 1 fully saturated rings. The Labute approximate surface area is 109 Å². The summed E-state index contributed by atoms with van der Waals surface area (Å²) in [4.78, 5) is 4.39.